The van der Waals surface area contributed by atoms with Crippen LogP contribution >= 0.6 is 15.9 Å². The van der Waals surface area contributed by atoms with Gasteiger partial charge < -0.3 is 14.8 Å². The van der Waals surface area contributed by atoms with Crippen molar-refractivity contribution in [3.8, 4) is 17.1 Å². The number of aromatic hydroxyl groups is 1. The molecule has 5 heteroatoms. The Balaban J connectivity index is 2.29. The Kier molecular flexibility index (Phi) is 3.46. The topological polar surface area (TPSA) is 58.3 Å². The van der Waals surface area contributed by atoms with Crippen molar-refractivity contribution in [1.29, 1.82) is 0 Å². The lowest BCUT2D eigenvalue weighted by Gasteiger charge is -2.09. The van der Waals surface area contributed by atoms with E-state index in [0.717, 1.165) is 15.5 Å². The highest BCUT2D eigenvalue weighted by molar-refractivity contribution is 9.10. The molecule has 0 bridgehead atoms. The van der Waals surface area contributed by atoms with E-state index in [1.807, 2.05) is 34.9 Å². The first kappa shape index (κ1) is 13.1. The fourth-order valence-electron chi connectivity index (χ4n) is 2.29. The van der Waals surface area contributed by atoms with Gasteiger partial charge in [-0.3, -0.25) is 0 Å². The van der Waals surface area contributed by atoms with Gasteiger partial charge >= 0.3 is 0 Å². The van der Waals surface area contributed by atoms with E-state index in [2.05, 4.69) is 20.9 Å². The van der Waals surface area contributed by atoms with Gasteiger partial charge in [0.05, 0.1) is 23.2 Å². The molecule has 1 aromatic heterocycles. The monoisotopic (exact) mass is 332 g/mol. The van der Waals surface area contributed by atoms with Crippen molar-refractivity contribution in [2.24, 2.45) is 0 Å². The molecule has 0 aliphatic carbocycles. The number of phenols is 1. The molecule has 3 aromatic rings. The minimum atomic E-state index is 0.0160. The first-order valence-corrected chi connectivity index (χ1v) is 7.05. The van der Waals surface area contributed by atoms with E-state index in [9.17, 15) is 10.2 Å². The van der Waals surface area contributed by atoms with Gasteiger partial charge in [0.25, 0.3) is 0 Å². The summed E-state index contributed by atoms with van der Waals surface area (Å²) in [6.07, 6.45) is 0. The molecule has 0 aliphatic rings. The maximum absolute atomic E-state index is 10.1. The van der Waals surface area contributed by atoms with Gasteiger partial charge in [-0.05, 0) is 30.3 Å². The molecule has 3 rings (SSSR count). The van der Waals surface area contributed by atoms with Crippen LogP contribution in [-0.4, -0.2) is 26.4 Å². The summed E-state index contributed by atoms with van der Waals surface area (Å²) in [6, 6.07) is 13.0. The van der Waals surface area contributed by atoms with Crippen molar-refractivity contribution in [3.05, 3.63) is 46.9 Å². The maximum atomic E-state index is 10.1. The van der Waals surface area contributed by atoms with E-state index in [1.165, 1.54) is 0 Å². The van der Waals surface area contributed by atoms with Crippen molar-refractivity contribution in [3.63, 3.8) is 0 Å². The predicted molar refractivity (Wildman–Crippen MR) is 81.6 cm³/mol. The average molecular weight is 333 g/mol. The van der Waals surface area contributed by atoms with Gasteiger partial charge in [-0.25, -0.2) is 4.98 Å². The third-order valence-electron chi connectivity index (χ3n) is 3.18. The normalized spacial score (nSPS) is 11.1. The van der Waals surface area contributed by atoms with Crippen LogP contribution in [-0.2, 0) is 6.54 Å². The maximum Gasteiger partial charge on any atom is 0.144 e. The molecule has 0 aliphatic heterocycles. The largest absolute Gasteiger partial charge is 0.507 e. The van der Waals surface area contributed by atoms with Crippen LogP contribution < -0.4 is 0 Å². The molecule has 2 N–H and O–H groups in total. The molecule has 0 saturated carbocycles. The molecule has 0 fully saturated rings. The van der Waals surface area contributed by atoms with Gasteiger partial charge in [0.1, 0.15) is 11.6 Å². The van der Waals surface area contributed by atoms with Gasteiger partial charge in [-0.1, -0.05) is 28.1 Å². The first-order valence-electron chi connectivity index (χ1n) is 6.25. The smallest absolute Gasteiger partial charge is 0.144 e. The number of nitrogens with zero attached hydrogens (tertiary/aromatic N) is 2. The quantitative estimate of drug-likeness (QED) is 0.774. The van der Waals surface area contributed by atoms with Crippen LogP contribution in [0.4, 0.5) is 0 Å². The number of benzene rings is 2. The van der Waals surface area contributed by atoms with E-state index in [1.54, 1.807) is 12.1 Å². The number of hydrogen-bond donors (Lipinski definition) is 2. The van der Waals surface area contributed by atoms with Crippen molar-refractivity contribution < 1.29 is 10.2 Å². The molecule has 0 spiro atoms. The van der Waals surface area contributed by atoms with Crippen molar-refractivity contribution in [2.75, 3.05) is 6.61 Å². The number of aromatic nitrogens is 2. The molecule has 102 valence electrons. The highest BCUT2D eigenvalue weighted by atomic mass is 79.9. The standard InChI is InChI=1S/C15H13BrN2O2/c16-10-5-6-14(20)11(9-10)15-17-12-3-1-2-4-13(12)18(15)7-8-19/h1-6,9,19-20H,7-8H2. The van der Waals surface area contributed by atoms with Crippen molar-refractivity contribution in [2.45, 2.75) is 6.54 Å². The average Bonchev–Trinajstić information content (AvgIpc) is 2.81. The summed E-state index contributed by atoms with van der Waals surface area (Å²) in [5.41, 5.74) is 2.43. The second kappa shape index (κ2) is 5.26. The number of phenolic OH excluding ortho intramolecular Hbond substituents is 1. The fourth-order valence-corrected chi connectivity index (χ4v) is 2.66. The second-order valence-electron chi connectivity index (χ2n) is 4.46. The number of imidazole rings is 1. The zero-order valence-electron chi connectivity index (χ0n) is 10.6. The van der Waals surface area contributed by atoms with Crippen molar-refractivity contribution >= 4 is 27.0 Å². The van der Waals surface area contributed by atoms with Crippen LogP contribution in [0.15, 0.2) is 46.9 Å². The van der Waals surface area contributed by atoms with Gasteiger partial charge in [0, 0.05) is 11.0 Å². The molecule has 2 aromatic carbocycles. The zero-order chi connectivity index (χ0) is 14.1. The zero-order valence-corrected chi connectivity index (χ0v) is 12.2. The van der Waals surface area contributed by atoms with Crippen LogP contribution in [0.2, 0.25) is 0 Å². The second-order valence-corrected chi connectivity index (χ2v) is 5.38. The lowest BCUT2D eigenvalue weighted by Crippen LogP contribution is -2.04. The Labute approximate surface area is 124 Å². The van der Waals surface area contributed by atoms with Crippen LogP contribution in [0.5, 0.6) is 5.75 Å². The molecule has 0 atom stereocenters. The highest BCUT2D eigenvalue weighted by Gasteiger charge is 2.15. The Morgan fingerprint density at radius 1 is 1.15 bits per heavy atom. The molecule has 4 nitrogen and oxygen atoms in total. The van der Waals surface area contributed by atoms with Crippen LogP contribution in [0.3, 0.4) is 0 Å². The summed E-state index contributed by atoms with van der Waals surface area (Å²) in [4.78, 5) is 4.57. The van der Waals surface area contributed by atoms with E-state index >= 15 is 0 Å². The molecule has 0 radical (unpaired) electrons. The SMILES string of the molecule is OCCn1c(-c2cc(Br)ccc2O)nc2ccccc21. The predicted octanol–water partition coefficient (Wildman–Crippen LogP) is 3.16. The summed E-state index contributed by atoms with van der Waals surface area (Å²) in [7, 11) is 0. The van der Waals surface area contributed by atoms with Gasteiger partial charge in [-0.2, -0.15) is 0 Å². The number of para-hydroxylation sites is 2. The number of fused-ring (bicyclic) bond motifs is 1. The molecular formula is C15H13BrN2O2. The number of aliphatic hydroxyl groups is 1. The molecule has 0 amide bonds. The molecular weight excluding hydrogens is 320 g/mol. The number of aliphatic hydroxyl groups excluding tert-OH is 1. The lowest BCUT2D eigenvalue weighted by atomic mass is 10.2. The summed E-state index contributed by atoms with van der Waals surface area (Å²) in [5.74, 6) is 0.821. The summed E-state index contributed by atoms with van der Waals surface area (Å²) >= 11 is 3.40. The van der Waals surface area contributed by atoms with Crippen LogP contribution in [0, 0.1) is 0 Å². The van der Waals surface area contributed by atoms with E-state index in [-0.39, 0.29) is 12.4 Å². The summed E-state index contributed by atoms with van der Waals surface area (Å²) in [6.45, 7) is 0.448. The Morgan fingerprint density at radius 2 is 1.95 bits per heavy atom. The van der Waals surface area contributed by atoms with Crippen LogP contribution in [0.1, 0.15) is 0 Å². The Morgan fingerprint density at radius 3 is 2.75 bits per heavy atom. The Hall–Kier alpha value is -1.85. The molecule has 0 unspecified atom stereocenters. The number of hydrogen-bond acceptors (Lipinski definition) is 3. The van der Waals surface area contributed by atoms with E-state index in [0.29, 0.717) is 17.9 Å². The van der Waals surface area contributed by atoms with Crippen LogP contribution in [0.25, 0.3) is 22.4 Å². The third kappa shape index (κ3) is 2.19. The Bertz CT molecular complexity index is 768. The molecule has 1 heterocycles. The van der Waals surface area contributed by atoms with E-state index < -0.39 is 0 Å². The van der Waals surface area contributed by atoms with Gasteiger partial charge in [0.2, 0.25) is 0 Å². The fraction of sp³-hybridized carbons (Fsp3) is 0.133. The summed E-state index contributed by atoms with van der Waals surface area (Å²) < 4.78 is 2.78. The molecule has 0 saturated heterocycles. The lowest BCUT2D eigenvalue weighted by molar-refractivity contribution is 0.278. The van der Waals surface area contributed by atoms with Gasteiger partial charge in [-0.15, -0.1) is 0 Å². The van der Waals surface area contributed by atoms with Gasteiger partial charge in [0.15, 0.2) is 0 Å². The summed E-state index contributed by atoms with van der Waals surface area (Å²) in [5, 5.41) is 19.3. The third-order valence-corrected chi connectivity index (χ3v) is 3.67. The minimum absolute atomic E-state index is 0.0160. The van der Waals surface area contributed by atoms with Crippen molar-refractivity contribution in [1.82, 2.24) is 9.55 Å². The van der Waals surface area contributed by atoms with E-state index in [4.69, 9.17) is 0 Å². The minimum Gasteiger partial charge on any atom is -0.507 e. The number of halogens is 1. The first-order chi connectivity index (χ1) is 9.70. The highest BCUT2D eigenvalue weighted by Crippen LogP contribution is 2.33. The number of rotatable bonds is 3. The molecule has 20 heavy (non-hydrogen) atoms.